The van der Waals surface area contributed by atoms with Gasteiger partial charge in [-0.25, -0.2) is 5.10 Å². The van der Waals surface area contributed by atoms with Crippen molar-refractivity contribution >= 4 is 30.2 Å². The minimum atomic E-state index is 0.198. The maximum Gasteiger partial charge on any atom is 0.217 e. The van der Waals surface area contributed by atoms with Crippen LogP contribution in [0.1, 0.15) is 11.1 Å². The summed E-state index contributed by atoms with van der Waals surface area (Å²) < 4.78 is 2.00. The van der Waals surface area contributed by atoms with Crippen LogP contribution in [0.4, 0.5) is 0 Å². The third-order valence-corrected chi connectivity index (χ3v) is 4.29. The first-order valence-corrected chi connectivity index (χ1v) is 8.29. The second-order valence-corrected chi connectivity index (χ2v) is 6.07. The summed E-state index contributed by atoms with van der Waals surface area (Å²) in [6.45, 7) is 0. The lowest BCUT2D eigenvalue weighted by Gasteiger charge is -2.01. The van der Waals surface area contributed by atoms with E-state index in [-0.39, 0.29) is 5.75 Å². The van der Waals surface area contributed by atoms with Crippen molar-refractivity contribution in [2.45, 2.75) is 10.9 Å². The lowest BCUT2D eigenvalue weighted by molar-refractivity contribution is 0.475. The average Bonchev–Trinajstić information content (AvgIpc) is 2.92. The lowest BCUT2D eigenvalue weighted by atomic mass is 10.2. The minimum absolute atomic E-state index is 0.198. The minimum Gasteiger partial charge on any atom is -0.508 e. The van der Waals surface area contributed by atoms with E-state index in [1.807, 2.05) is 24.3 Å². The molecule has 0 aliphatic carbocycles. The molecule has 23 heavy (non-hydrogen) atoms. The summed E-state index contributed by atoms with van der Waals surface area (Å²) in [6.07, 6.45) is 1.64. The second kappa shape index (κ2) is 7.26. The van der Waals surface area contributed by atoms with Crippen LogP contribution in [0.2, 0.25) is 0 Å². The van der Waals surface area contributed by atoms with Crippen molar-refractivity contribution in [1.29, 1.82) is 0 Å². The maximum atomic E-state index is 9.48. The third kappa shape index (κ3) is 4.08. The van der Waals surface area contributed by atoms with Gasteiger partial charge in [-0.1, -0.05) is 54.2 Å². The SMILES string of the molecule is Oc1cccc(/C=N\n2c(SCc3ccccc3)n[nH]c2=S)c1. The van der Waals surface area contributed by atoms with Gasteiger partial charge >= 0.3 is 0 Å². The van der Waals surface area contributed by atoms with E-state index in [2.05, 4.69) is 27.4 Å². The van der Waals surface area contributed by atoms with E-state index in [0.717, 1.165) is 11.3 Å². The fraction of sp³-hybridized carbons (Fsp3) is 0.0625. The summed E-state index contributed by atoms with van der Waals surface area (Å²) in [4.78, 5) is 0. The number of benzene rings is 2. The molecule has 0 unspecified atom stereocenters. The molecule has 2 N–H and O–H groups in total. The highest BCUT2D eigenvalue weighted by Crippen LogP contribution is 2.21. The van der Waals surface area contributed by atoms with Crippen LogP contribution in [0, 0.1) is 4.77 Å². The molecule has 1 heterocycles. The van der Waals surface area contributed by atoms with E-state index in [9.17, 15) is 5.11 Å². The zero-order chi connectivity index (χ0) is 16.1. The predicted octanol–water partition coefficient (Wildman–Crippen LogP) is 3.82. The summed E-state index contributed by atoms with van der Waals surface area (Å²) in [6, 6.07) is 17.0. The first kappa shape index (κ1) is 15.5. The van der Waals surface area contributed by atoms with Crippen molar-refractivity contribution in [2.75, 3.05) is 0 Å². The number of rotatable bonds is 5. The van der Waals surface area contributed by atoms with Crippen LogP contribution in [-0.4, -0.2) is 26.2 Å². The van der Waals surface area contributed by atoms with Gasteiger partial charge in [0.05, 0.1) is 6.21 Å². The molecule has 2 aromatic carbocycles. The Balaban J connectivity index is 1.77. The van der Waals surface area contributed by atoms with E-state index in [1.54, 1.807) is 40.9 Å². The van der Waals surface area contributed by atoms with Crippen molar-refractivity contribution in [1.82, 2.24) is 14.9 Å². The molecule has 0 saturated heterocycles. The van der Waals surface area contributed by atoms with Gasteiger partial charge in [-0.3, -0.25) is 0 Å². The molecule has 116 valence electrons. The Morgan fingerprint density at radius 2 is 2.04 bits per heavy atom. The summed E-state index contributed by atoms with van der Waals surface area (Å²) in [5, 5.41) is 21.5. The molecule has 0 aliphatic rings. The molecule has 5 nitrogen and oxygen atoms in total. The predicted molar refractivity (Wildman–Crippen MR) is 94.5 cm³/mol. The number of hydrogen-bond acceptors (Lipinski definition) is 5. The standard InChI is InChI=1S/C16H14N4OS2/c21-14-8-4-7-13(9-14)10-17-20-15(22)18-19-16(20)23-11-12-5-2-1-3-6-12/h1-10,21H,11H2,(H,18,22)/b17-10-. The van der Waals surface area contributed by atoms with Crippen LogP contribution in [-0.2, 0) is 5.75 Å². The molecule has 0 bridgehead atoms. The molecule has 0 spiro atoms. The van der Waals surface area contributed by atoms with Crippen LogP contribution in [0.5, 0.6) is 5.75 Å². The summed E-state index contributed by atoms with van der Waals surface area (Å²) >= 11 is 6.76. The number of aromatic nitrogens is 3. The monoisotopic (exact) mass is 342 g/mol. The fourth-order valence-electron chi connectivity index (χ4n) is 1.92. The molecule has 0 radical (unpaired) electrons. The zero-order valence-electron chi connectivity index (χ0n) is 12.1. The first-order chi connectivity index (χ1) is 11.2. The fourth-order valence-corrected chi connectivity index (χ4v) is 3.02. The smallest absolute Gasteiger partial charge is 0.217 e. The van der Waals surface area contributed by atoms with Gasteiger partial charge in [0, 0.05) is 5.75 Å². The number of phenolic OH excluding ortho intramolecular Hbond substituents is 1. The quantitative estimate of drug-likeness (QED) is 0.420. The Morgan fingerprint density at radius 1 is 1.22 bits per heavy atom. The van der Waals surface area contributed by atoms with E-state index < -0.39 is 0 Å². The summed E-state index contributed by atoms with van der Waals surface area (Å²) in [7, 11) is 0. The van der Waals surface area contributed by atoms with Gasteiger partial charge in [-0.05, 0) is 35.5 Å². The van der Waals surface area contributed by atoms with E-state index >= 15 is 0 Å². The molecule has 0 fully saturated rings. The largest absolute Gasteiger partial charge is 0.508 e. The number of aromatic hydroxyl groups is 1. The molecule has 3 rings (SSSR count). The lowest BCUT2D eigenvalue weighted by Crippen LogP contribution is -1.94. The molecular formula is C16H14N4OS2. The Morgan fingerprint density at radius 3 is 2.83 bits per heavy atom. The molecule has 0 saturated carbocycles. The van der Waals surface area contributed by atoms with Crippen LogP contribution in [0.25, 0.3) is 0 Å². The topological polar surface area (TPSA) is 66.2 Å². The van der Waals surface area contributed by atoms with Crippen molar-refractivity contribution < 1.29 is 5.11 Å². The van der Waals surface area contributed by atoms with Crippen molar-refractivity contribution in [3.63, 3.8) is 0 Å². The van der Waals surface area contributed by atoms with Crippen molar-refractivity contribution in [2.24, 2.45) is 5.10 Å². The third-order valence-electron chi connectivity index (χ3n) is 3.02. The average molecular weight is 342 g/mol. The number of thioether (sulfide) groups is 1. The normalized spacial score (nSPS) is 11.1. The molecular weight excluding hydrogens is 328 g/mol. The molecule has 0 aliphatic heterocycles. The van der Waals surface area contributed by atoms with E-state index in [0.29, 0.717) is 9.93 Å². The van der Waals surface area contributed by atoms with Gasteiger partial charge in [-0.15, -0.1) is 5.10 Å². The Labute approximate surface area is 142 Å². The number of H-pyrrole nitrogens is 1. The highest BCUT2D eigenvalue weighted by atomic mass is 32.2. The molecule has 1 aromatic heterocycles. The number of phenols is 1. The Hall–Kier alpha value is -2.38. The van der Waals surface area contributed by atoms with E-state index in [1.165, 1.54) is 5.56 Å². The van der Waals surface area contributed by atoms with Crippen molar-refractivity contribution in [3.05, 3.63) is 70.5 Å². The number of aromatic amines is 1. The molecule has 0 amide bonds. The van der Waals surface area contributed by atoms with Gasteiger partial charge < -0.3 is 5.11 Å². The van der Waals surface area contributed by atoms with Gasteiger partial charge in [-0.2, -0.15) is 9.78 Å². The highest BCUT2D eigenvalue weighted by Gasteiger charge is 2.06. The van der Waals surface area contributed by atoms with Gasteiger partial charge in [0.1, 0.15) is 5.75 Å². The molecule has 7 heteroatoms. The summed E-state index contributed by atoms with van der Waals surface area (Å²) in [5.41, 5.74) is 1.99. The molecule has 3 aromatic rings. The van der Waals surface area contributed by atoms with Crippen LogP contribution in [0.15, 0.2) is 64.9 Å². The maximum absolute atomic E-state index is 9.48. The van der Waals surface area contributed by atoms with E-state index in [4.69, 9.17) is 12.2 Å². The number of hydrogen-bond donors (Lipinski definition) is 2. The highest BCUT2D eigenvalue weighted by molar-refractivity contribution is 7.98. The summed E-state index contributed by atoms with van der Waals surface area (Å²) in [5.74, 6) is 0.977. The van der Waals surface area contributed by atoms with Crippen LogP contribution >= 0.6 is 24.0 Å². The zero-order valence-corrected chi connectivity index (χ0v) is 13.7. The number of nitrogens with zero attached hydrogens (tertiary/aromatic N) is 3. The van der Waals surface area contributed by atoms with Crippen LogP contribution in [0.3, 0.4) is 0 Å². The molecule has 0 atom stereocenters. The van der Waals surface area contributed by atoms with Crippen LogP contribution < -0.4 is 0 Å². The van der Waals surface area contributed by atoms with Gasteiger partial charge in [0.2, 0.25) is 9.93 Å². The first-order valence-electron chi connectivity index (χ1n) is 6.90. The van der Waals surface area contributed by atoms with Gasteiger partial charge in [0.15, 0.2) is 0 Å². The second-order valence-electron chi connectivity index (χ2n) is 4.74. The van der Waals surface area contributed by atoms with Crippen molar-refractivity contribution in [3.8, 4) is 5.75 Å². The number of nitrogens with one attached hydrogen (secondary N) is 1. The Bertz CT molecular complexity index is 871. The Kier molecular flexibility index (Phi) is 4.89. The van der Waals surface area contributed by atoms with Gasteiger partial charge in [0.25, 0.3) is 0 Å².